The van der Waals surface area contributed by atoms with Crippen molar-refractivity contribution in [2.75, 3.05) is 67.0 Å². The summed E-state index contributed by atoms with van der Waals surface area (Å²) in [5, 5.41) is 3.60. The number of likely N-dealkylation sites (N-methyl/N-ethyl adjacent to an activating group) is 1. The predicted molar refractivity (Wildman–Crippen MR) is 147 cm³/mol. The number of nitrogens with zero attached hydrogens (tertiary/aromatic N) is 5. The van der Waals surface area contributed by atoms with Crippen molar-refractivity contribution in [1.82, 2.24) is 24.9 Å². The number of guanidine groups is 1. The van der Waals surface area contributed by atoms with Gasteiger partial charge in [0.15, 0.2) is 5.96 Å². The third-order valence-electron chi connectivity index (χ3n) is 7.00. The van der Waals surface area contributed by atoms with Crippen LogP contribution in [-0.2, 0) is 11.2 Å². The largest absolute Gasteiger partial charge is 0.354 e. The number of hydrogen-bond donors (Lipinski definition) is 1. The average molecular weight is 571 g/mol. The van der Waals surface area contributed by atoms with Crippen molar-refractivity contribution in [3.05, 3.63) is 35.4 Å². The van der Waals surface area contributed by atoms with Gasteiger partial charge in [-0.25, -0.2) is 0 Å². The maximum absolute atomic E-state index is 12.8. The van der Waals surface area contributed by atoms with Gasteiger partial charge in [-0.3, -0.25) is 14.7 Å². The number of amides is 1. The molecule has 33 heavy (non-hydrogen) atoms. The number of carbonyl (C=O) groups is 1. The summed E-state index contributed by atoms with van der Waals surface area (Å²) in [4.78, 5) is 26.2. The zero-order valence-electron chi connectivity index (χ0n) is 21.1. The second kappa shape index (κ2) is 13.5. The number of carbonyl (C=O) groups excluding carboxylic acids is 1. The summed E-state index contributed by atoms with van der Waals surface area (Å²) in [6.45, 7) is 10.4. The summed E-state index contributed by atoms with van der Waals surface area (Å²) in [7, 11) is 6.11. The first kappa shape index (κ1) is 27.9. The van der Waals surface area contributed by atoms with Gasteiger partial charge in [-0.1, -0.05) is 31.2 Å². The second-order valence-corrected chi connectivity index (χ2v) is 9.23. The zero-order chi connectivity index (χ0) is 23.1. The van der Waals surface area contributed by atoms with Gasteiger partial charge in [0.2, 0.25) is 5.91 Å². The Balaban J connectivity index is 0.00000385. The Morgan fingerprint density at radius 1 is 1.03 bits per heavy atom. The fourth-order valence-electron chi connectivity index (χ4n) is 4.77. The molecule has 2 aliphatic rings. The quantitative estimate of drug-likeness (QED) is 0.311. The van der Waals surface area contributed by atoms with Crippen LogP contribution < -0.4 is 5.32 Å². The van der Waals surface area contributed by atoms with Gasteiger partial charge in [0.1, 0.15) is 0 Å². The number of piperazine rings is 1. The zero-order valence-corrected chi connectivity index (χ0v) is 23.4. The molecule has 7 nitrogen and oxygen atoms in total. The molecule has 0 spiro atoms. The number of aryl methyl sites for hydroxylation is 1. The smallest absolute Gasteiger partial charge is 0.239 e. The summed E-state index contributed by atoms with van der Waals surface area (Å²) >= 11 is 0. The Hall–Kier alpha value is -1.39. The number of aliphatic imine (C=N–C) groups is 1. The molecule has 2 fully saturated rings. The minimum absolute atomic E-state index is 0. The first-order valence-corrected chi connectivity index (χ1v) is 12.2. The highest BCUT2D eigenvalue weighted by Crippen LogP contribution is 2.19. The molecule has 1 aromatic rings. The van der Waals surface area contributed by atoms with E-state index < -0.39 is 0 Å². The Morgan fingerprint density at radius 3 is 2.15 bits per heavy atom. The van der Waals surface area contributed by atoms with Crippen LogP contribution in [0.2, 0.25) is 0 Å². The molecule has 0 bridgehead atoms. The topological polar surface area (TPSA) is 54.4 Å². The summed E-state index contributed by atoms with van der Waals surface area (Å²) in [5.74, 6) is 1.24. The Kier molecular flexibility index (Phi) is 11.4. The lowest BCUT2D eigenvalue weighted by atomic mass is 10.0. The van der Waals surface area contributed by atoms with E-state index >= 15 is 0 Å². The molecule has 1 N–H and O–H groups in total. The minimum atomic E-state index is -0.0329. The number of nitrogens with one attached hydrogen (secondary N) is 1. The summed E-state index contributed by atoms with van der Waals surface area (Å²) in [6, 6.07) is 9.18. The van der Waals surface area contributed by atoms with Crippen LogP contribution in [0.3, 0.4) is 0 Å². The van der Waals surface area contributed by atoms with Crippen molar-refractivity contribution in [2.24, 2.45) is 4.99 Å². The number of rotatable bonds is 7. The van der Waals surface area contributed by atoms with Crippen LogP contribution in [0.5, 0.6) is 0 Å². The van der Waals surface area contributed by atoms with Crippen molar-refractivity contribution in [2.45, 2.75) is 45.2 Å². The van der Waals surface area contributed by atoms with Gasteiger partial charge >= 0.3 is 0 Å². The minimum Gasteiger partial charge on any atom is -0.354 e. The number of hydrogen-bond acceptors (Lipinski definition) is 4. The predicted octanol–water partition coefficient (Wildman–Crippen LogP) is 2.67. The maximum atomic E-state index is 12.8. The van der Waals surface area contributed by atoms with E-state index in [0.717, 1.165) is 71.0 Å². The van der Waals surface area contributed by atoms with Gasteiger partial charge in [-0.05, 0) is 51.4 Å². The van der Waals surface area contributed by atoms with Crippen molar-refractivity contribution in [1.29, 1.82) is 0 Å². The van der Waals surface area contributed by atoms with Crippen LogP contribution in [0.25, 0.3) is 0 Å². The van der Waals surface area contributed by atoms with Gasteiger partial charge in [0, 0.05) is 52.9 Å². The van der Waals surface area contributed by atoms with E-state index in [1.807, 2.05) is 11.9 Å². The third kappa shape index (κ3) is 7.29. The summed E-state index contributed by atoms with van der Waals surface area (Å²) in [6.07, 6.45) is 3.35. The fraction of sp³-hybridized carbons (Fsp3) is 0.680. The van der Waals surface area contributed by atoms with Crippen molar-refractivity contribution < 1.29 is 4.79 Å². The molecule has 2 atom stereocenters. The van der Waals surface area contributed by atoms with E-state index in [4.69, 9.17) is 0 Å². The molecular formula is C25H43IN6O. The lowest BCUT2D eigenvalue weighted by Gasteiger charge is -2.40. The fourth-order valence-corrected chi connectivity index (χ4v) is 4.77. The van der Waals surface area contributed by atoms with E-state index in [1.54, 1.807) is 0 Å². The Morgan fingerprint density at radius 2 is 1.64 bits per heavy atom. The van der Waals surface area contributed by atoms with Crippen LogP contribution in [0.4, 0.5) is 0 Å². The lowest BCUT2D eigenvalue weighted by molar-refractivity contribution is -0.135. The van der Waals surface area contributed by atoms with E-state index in [1.165, 1.54) is 11.1 Å². The van der Waals surface area contributed by atoms with Gasteiger partial charge < -0.3 is 20.0 Å². The Labute approximate surface area is 217 Å². The average Bonchev–Trinajstić information content (AvgIpc) is 3.36. The van der Waals surface area contributed by atoms with Crippen LogP contribution in [-0.4, -0.2) is 104 Å². The van der Waals surface area contributed by atoms with Crippen molar-refractivity contribution in [3.8, 4) is 0 Å². The van der Waals surface area contributed by atoms with Crippen LogP contribution >= 0.6 is 24.0 Å². The molecule has 0 aliphatic carbocycles. The highest BCUT2D eigenvalue weighted by molar-refractivity contribution is 14.0. The van der Waals surface area contributed by atoms with E-state index in [-0.39, 0.29) is 36.1 Å². The normalized spacial score (nSPS) is 19.4. The van der Waals surface area contributed by atoms with Crippen LogP contribution in [0.15, 0.2) is 29.3 Å². The highest BCUT2D eigenvalue weighted by Gasteiger charge is 2.30. The molecule has 2 unspecified atom stereocenters. The molecule has 8 heteroatoms. The molecule has 0 aromatic heterocycles. The molecular weight excluding hydrogens is 527 g/mol. The SMILES string of the molecule is CCc1ccc(C(CNC(=NC)N2CCN(C(C)C(=O)N3CCCC3)CC2)N(C)C)cc1.I. The third-order valence-corrected chi connectivity index (χ3v) is 7.00. The molecule has 2 heterocycles. The lowest BCUT2D eigenvalue weighted by Crippen LogP contribution is -2.57. The first-order valence-electron chi connectivity index (χ1n) is 12.2. The van der Waals surface area contributed by atoms with E-state index in [9.17, 15) is 4.79 Å². The molecule has 0 saturated carbocycles. The standard InChI is InChI=1S/C25H42N6O.HI/c1-6-21-9-11-22(12-10-21)23(28(4)5)19-27-25(26-3)31-17-15-29(16-18-31)20(2)24(32)30-13-7-8-14-30;/h9-12,20,23H,6-8,13-19H2,1-5H3,(H,26,27);1H. The van der Waals surface area contributed by atoms with E-state index in [0.29, 0.717) is 5.91 Å². The van der Waals surface area contributed by atoms with Crippen LogP contribution in [0, 0.1) is 0 Å². The highest BCUT2D eigenvalue weighted by atomic mass is 127. The van der Waals surface area contributed by atoms with E-state index in [2.05, 4.69) is 77.2 Å². The summed E-state index contributed by atoms with van der Waals surface area (Å²) in [5.41, 5.74) is 2.68. The Bertz CT molecular complexity index is 755. The summed E-state index contributed by atoms with van der Waals surface area (Å²) < 4.78 is 0. The molecule has 2 saturated heterocycles. The molecule has 0 radical (unpaired) electrons. The van der Waals surface area contributed by atoms with Gasteiger partial charge in [0.25, 0.3) is 0 Å². The molecule has 2 aliphatic heterocycles. The van der Waals surface area contributed by atoms with Crippen molar-refractivity contribution in [3.63, 3.8) is 0 Å². The molecule has 3 rings (SSSR count). The van der Waals surface area contributed by atoms with Gasteiger partial charge in [-0.2, -0.15) is 0 Å². The number of benzene rings is 1. The molecule has 1 amide bonds. The second-order valence-electron chi connectivity index (χ2n) is 9.23. The first-order chi connectivity index (χ1) is 15.4. The van der Waals surface area contributed by atoms with Gasteiger partial charge in [-0.15, -0.1) is 24.0 Å². The maximum Gasteiger partial charge on any atom is 0.239 e. The molecule has 1 aromatic carbocycles. The van der Waals surface area contributed by atoms with Crippen LogP contribution in [0.1, 0.15) is 43.9 Å². The van der Waals surface area contributed by atoms with Gasteiger partial charge in [0.05, 0.1) is 12.1 Å². The monoisotopic (exact) mass is 570 g/mol. The van der Waals surface area contributed by atoms with Crippen molar-refractivity contribution >= 4 is 35.8 Å². The molecule has 186 valence electrons. The number of likely N-dealkylation sites (tertiary alicyclic amines) is 1. The number of halogens is 1.